The van der Waals surface area contributed by atoms with E-state index in [0.29, 0.717) is 5.56 Å². The van der Waals surface area contributed by atoms with Crippen LogP contribution in [0, 0.1) is 0 Å². The topological polar surface area (TPSA) is 17.1 Å². The average molecular weight is 373 g/mol. The number of hydrogen-bond donors (Lipinski definition) is 0. The lowest BCUT2D eigenvalue weighted by molar-refractivity contribution is 0.105. The molecule has 0 amide bonds. The first-order valence-electron chi connectivity index (χ1n) is 8.34. The van der Waals surface area contributed by atoms with E-state index in [9.17, 15) is 4.79 Å². The van der Waals surface area contributed by atoms with E-state index in [1.807, 2.05) is 78.9 Å². The summed E-state index contributed by atoms with van der Waals surface area (Å²) in [5.74, 6) is 0.0606. The highest BCUT2D eigenvalue weighted by molar-refractivity contribution is 8.82. The number of allylic oxidation sites excluding steroid dienone is 2. The molecule has 0 fully saturated rings. The minimum absolute atomic E-state index is 0.0606. The summed E-state index contributed by atoms with van der Waals surface area (Å²) in [6, 6.07) is 29.7. The van der Waals surface area contributed by atoms with Crippen molar-refractivity contribution in [3.05, 3.63) is 119 Å². The predicted molar refractivity (Wildman–Crippen MR) is 114 cm³/mol. The van der Waals surface area contributed by atoms with Crippen molar-refractivity contribution in [2.24, 2.45) is 0 Å². The fraction of sp³-hybridized carbons (Fsp3) is 0. The number of rotatable bonds is 4. The summed E-state index contributed by atoms with van der Waals surface area (Å²) in [6.07, 6.45) is 2.13. The highest BCUT2D eigenvalue weighted by Crippen LogP contribution is 2.52. The molecular formula is C23H16OS2. The largest absolute Gasteiger partial charge is 0.289 e. The maximum absolute atomic E-state index is 13.3. The van der Waals surface area contributed by atoms with Gasteiger partial charge in [-0.2, -0.15) is 0 Å². The van der Waals surface area contributed by atoms with Crippen LogP contribution >= 0.6 is 21.6 Å². The Morgan fingerprint density at radius 2 is 1.15 bits per heavy atom. The molecule has 0 unspecified atom stereocenters. The second kappa shape index (κ2) is 7.81. The molecule has 1 heterocycles. The zero-order chi connectivity index (χ0) is 17.8. The summed E-state index contributed by atoms with van der Waals surface area (Å²) >= 11 is 0. The van der Waals surface area contributed by atoms with Crippen molar-refractivity contribution >= 4 is 37.8 Å². The van der Waals surface area contributed by atoms with E-state index >= 15 is 0 Å². The van der Waals surface area contributed by atoms with E-state index in [-0.39, 0.29) is 5.78 Å². The second-order valence-corrected chi connectivity index (χ2v) is 8.05. The molecule has 4 rings (SSSR count). The monoisotopic (exact) mass is 372 g/mol. The van der Waals surface area contributed by atoms with Crippen molar-refractivity contribution in [2.75, 3.05) is 0 Å². The van der Waals surface area contributed by atoms with Crippen LogP contribution in [0.1, 0.15) is 21.5 Å². The van der Waals surface area contributed by atoms with Crippen LogP contribution in [0.15, 0.2) is 102 Å². The zero-order valence-corrected chi connectivity index (χ0v) is 15.6. The van der Waals surface area contributed by atoms with Gasteiger partial charge in [-0.3, -0.25) is 4.79 Å². The molecule has 3 aromatic rings. The lowest BCUT2D eigenvalue weighted by Crippen LogP contribution is -2.04. The second-order valence-electron chi connectivity index (χ2n) is 5.84. The van der Waals surface area contributed by atoms with Crippen LogP contribution < -0.4 is 0 Å². The molecule has 0 bridgehead atoms. The lowest BCUT2D eigenvalue weighted by atomic mass is 9.96. The summed E-state index contributed by atoms with van der Waals surface area (Å²) < 4.78 is 0. The molecule has 0 N–H and O–H groups in total. The number of carbonyl (C=O) groups is 1. The van der Waals surface area contributed by atoms with E-state index < -0.39 is 0 Å². The van der Waals surface area contributed by atoms with Gasteiger partial charge in [-0.05, 0) is 17.2 Å². The molecule has 26 heavy (non-hydrogen) atoms. The van der Waals surface area contributed by atoms with Crippen LogP contribution in [0.5, 0.6) is 0 Å². The van der Waals surface area contributed by atoms with E-state index in [1.54, 1.807) is 21.6 Å². The molecule has 1 aliphatic heterocycles. The van der Waals surface area contributed by atoms with Crippen LogP contribution in [0.2, 0.25) is 0 Å². The van der Waals surface area contributed by atoms with Gasteiger partial charge in [0.25, 0.3) is 0 Å². The van der Waals surface area contributed by atoms with E-state index in [4.69, 9.17) is 0 Å². The summed E-state index contributed by atoms with van der Waals surface area (Å²) in [4.78, 5) is 15.5. The van der Waals surface area contributed by atoms with Gasteiger partial charge in [0.05, 0.1) is 0 Å². The van der Waals surface area contributed by atoms with Crippen LogP contribution in [-0.4, -0.2) is 5.78 Å². The maximum Gasteiger partial charge on any atom is 0.194 e. The summed E-state index contributed by atoms with van der Waals surface area (Å²) in [6.45, 7) is 0. The van der Waals surface area contributed by atoms with Crippen molar-refractivity contribution in [1.29, 1.82) is 0 Å². The number of hydrogen-bond acceptors (Lipinski definition) is 3. The van der Waals surface area contributed by atoms with E-state index in [2.05, 4.69) is 18.2 Å². The molecule has 0 spiro atoms. The first-order chi connectivity index (χ1) is 12.8. The van der Waals surface area contributed by atoms with Gasteiger partial charge in [-0.15, -0.1) is 0 Å². The molecule has 0 aromatic heterocycles. The average Bonchev–Trinajstić information content (AvgIpc) is 3.20. The maximum atomic E-state index is 13.3. The molecule has 3 heteroatoms. The Balaban J connectivity index is 1.82. The Morgan fingerprint density at radius 3 is 1.77 bits per heavy atom. The van der Waals surface area contributed by atoms with Crippen molar-refractivity contribution in [2.45, 2.75) is 0 Å². The van der Waals surface area contributed by atoms with Gasteiger partial charge < -0.3 is 0 Å². The van der Waals surface area contributed by atoms with Crippen molar-refractivity contribution in [1.82, 2.24) is 0 Å². The molecule has 0 saturated carbocycles. The molecule has 3 aromatic carbocycles. The summed E-state index contributed by atoms with van der Waals surface area (Å²) in [7, 11) is 3.36. The van der Waals surface area contributed by atoms with E-state index in [0.717, 1.165) is 16.0 Å². The first-order valence-corrected chi connectivity index (χ1v) is 10.5. The van der Waals surface area contributed by atoms with Gasteiger partial charge >= 0.3 is 0 Å². The van der Waals surface area contributed by atoms with Crippen molar-refractivity contribution in [3.63, 3.8) is 0 Å². The third-order valence-corrected chi connectivity index (χ3v) is 6.56. The quantitative estimate of drug-likeness (QED) is 0.287. The number of ketones is 1. The highest BCUT2D eigenvalue weighted by atomic mass is 33.1. The Labute approximate surface area is 161 Å². The molecule has 1 aliphatic rings. The Kier molecular flexibility index (Phi) is 5.09. The Bertz CT molecular complexity index is 974. The Morgan fingerprint density at radius 1 is 0.615 bits per heavy atom. The molecule has 0 radical (unpaired) electrons. The van der Waals surface area contributed by atoms with Gasteiger partial charge in [0, 0.05) is 20.9 Å². The van der Waals surface area contributed by atoms with Crippen LogP contribution in [0.3, 0.4) is 0 Å². The van der Waals surface area contributed by atoms with Crippen LogP contribution in [0.25, 0.3) is 10.5 Å². The number of Topliss-reactive ketones (excluding diaryl/α,β-unsaturated/α-hetero) is 1. The molecule has 0 aliphatic carbocycles. The minimum atomic E-state index is 0.0606. The van der Waals surface area contributed by atoms with Gasteiger partial charge in [0.2, 0.25) is 0 Å². The molecule has 0 saturated heterocycles. The van der Waals surface area contributed by atoms with Crippen molar-refractivity contribution in [3.8, 4) is 0 Å². The normalized spacial score (nSPS) is 15.5. The SMILES string of the molecule is O=C(/C(=C1/C=C(c2ccccc2)SS1)c1ccccc1)c1ccccc1. The third kappa shape index (κ3) is 3.55. The highest BCUT2D eigenvalue weighted by Gasteiger charge is 2.23. The lowest BCUT2D eigenvalue weighted by Gasteiger charge is -2.09. The fourth-order valence-electron chi connectivity index (χ4n) is 2.83. The molecule has 0 atom stereocenters. The van der Waals surface area contributed by atoms with Gasteiger partial charge in [-0.1, -0.05) is 113 Å². The van der Waals surface area contributed by atoms with Gasteiger partial charge in [0.1, 0.15) is 0 Å². The minimum Gasteiger partial charge on any atom is -0.289 e. The van der Waals surface area contributed by atoms with Crippen LogP contribution in [-0.2, 0) is 0 Å². The molecule has 1 nitrogen and oxygen atoms in total. The third-order valence-electron chi connectivity index (χ3n) is 4.11. The first kappa shape index (κ1) is 17.0. The Hall–Kier alpha value is -2.49. The van der Waals surface area contributed by atoms with Gasteiger partial charge in [-0.25, -0.2) is 0 Å². The smallest absolute Gasteiger partial charge is 0.194 e. The fourth-order valence-corrected chi connectivity index (χ4v) is 5.31. The number of carbonyl (C=O) groups excluding carboxylic acids is 1. The van der Waals surface area contributed by atoms with E-state index in [1.165, 1.54) is 10.5 Å². The summed E-state index contributed by atoms with van der Waals surface area (Å²) in [5.41, 5.74) is 3.61. The van der Waals surface area contributed by atoms with Crippen molar-refractivity contribution < 1.29 is 4.79 Å². The van der Waals surface area contributed by atoms with Crippen LogP contribution in [0.4, 0.5) is 0 Å². The molecular weight excluding hydrogens is 356 g/mol. The number of benzene rings is 3. The standard InChI is InChI=1S/C23H16OS2/c24-23(19-14-8-3-9-15-19)22(18-12-6-2-7-13-18)21-16-20(25-26-21)17-10-4-1-5-11-17/h1-16H/b22-21-. The zero-order valence-electron chi connectivity index (χ0n) is 14.0. The predicted octanol–water partition coefficient (Wildman–Crippen LogP) is 6.72. The molecule has 126 valence electrons. The van der Waals surface area contributed by atoms with Gasteiger partial charge in [0.15, 0.2) is 5.78 Å². The summed E-state index contributed by atoms with van der Waals surface area (Å²) in [5, 5.41) is 0.